The summed E-state index contributed by atoms with van der Waals surface area (Å²) in [6, 6.07) is 5.99. The van der Waals surface area contributed by atoms with Crippen LogP contribution in [-0.2, 0) is 0 Å². The highest BCUT2D eigenvalue weighted by molar-refractivity contribution is 5.96. The number of para-hydroxylation sites is 2. The van der Waals surface area contributed by atoms with E-state index in [1.54, 1.807) is 26.0 Å². The number of hydrogen-bond donors (Lipinski definition) is 3. The first kappa shape index (κ1) is 15.4. The first-order valence-corrected chi connectivity index (χ1v) is 6.41. The van der Waals surface area contributed by atoms with E-state index in [-0.39, 0.29) is 17.0 Å². The zero-order valence-electron chi connectivity index (χ0n) is 12.0. The van der Waals surface area contributed by atoms with Crippen LogP contribution >= 0.6 is 0 Å². The van der Waals surface area contributed by atoms with Gasteiger partial charge in [-0.3, -0.25) is 25.4 Å². The Balaban J connectivity index is 2.33. The number of benzene rings is 1. The lowest BCUT2D eigenvalue weighted by Gasteiger charge is -2.14. The van der Waals surface area contributed by atoms with Gasteiger partial charge in [-0.25, -0.2) is 5.84 Å². The van der Waals surface area contributed by atoms with Gasteiger partial charge in [-0.1, -0.05) is 12.1 Å². The molecule has 0 radical (unpaired) electrons. The highest BCUT2D eigenvalue weighted by Gasteiger charge is 2.25. The van der Waals surface area contributed by atoms with Gasteiger partial charge in [-0.05, 0) is 19.9 Å². The lowest BCUT2D eigenvalue weighted by molar-refractivity contribution is -0.386. The van der Waals surface area contributed by atoms with Gasteiger partial charge in [0.2, 0.25) is 0 Å². The van der Waals surface area contributed by atoms with E-state index < -0.39 is 16.9 Å². The molecule has 4 N–H and O–H groups in total. The third-order valence-electron chi connectivity index (χ3n) is 3.08. The van der Waals surface area contributed by atoms with Crippen molar-refractivity contribution in [3.8, 4) is 5.75 Å². The van der Waals surface area contributed by atoms with Crippen molar-refractivity contribution in [1.82, 2.24) is 15.6 Å². The third-order valence-corrected chi connectivity index (χ3v) is 3.08. The summed E-state index contributed by atoms with van der Waals surface area (Å²) in [4.78, 5) is 22.2. The Morgan fingerprint density at radius 3 is 2.82 bits per heavy atom. The van der Waals surface area contributed by atoms with Crippen molar-refractivity contribution in [2.45, 2.75) is 20.0 Å². The number of aromatic nitrogens is 2. The molecule has 2 rings (SSSR count). The molecule has 9 nitrogen and oxygen atoms in total. The molecule has 1 heterocycles. The van der Waals surface area contributed by atoms with Gasteiger partial charge in [0.25, 0.3) is 5.91 Å². The molecule has 1 aromatic carbocycles. The smallest absolute Gasteiger partial charge is 0.310 e. The molecule has 22 heavy (non-hydrogen) atoms. The number of hydrogen-bond acceptors (Lipinski definition) is 6. The number of ether oxygens (including phenoxy) is 1. The van der Waals surface area contributed by atoms with E-state index >= 15 is 0 Å². The second-order valence-electron chi connectivity index (χ2n) is 4.57. The van der Waals surface area contributed by atoms with Crippen molar-refractivity contribution in [3.05, 3.63) is 51.3 Å². The Hall–Kier alpha value is -2.94. The first-order valence-electron chi connectivity index (χ1n) is 6.41. The van der Waals surface area contributed by atoms with Crippen LogP contribution in [0.3, 0.4) is 0 Å². The van der Waals surface area contributed by atoms with Crippen molar-refractivity contribution in [2.24, 2.45) is 5.84 Å². The molecule has 2 aromatic rings. The summed E-state index contributed by atoms with van der Waals surface area (Å²) in [5.74, 6) is 4.73. The molecule has 1 aromatic heterocycles. The normalized spacial score (nSPS) is 11.8. The minimum absolute atomic E-state index is 0.0970. The number of rotatable bonds is 5. The molecule has 1 amide bonds. The number of aromatic amines is 1. The quantitative estimate of drug-likeness (QED) is 0.330. The second-order valence-corrected chi connectivity index (χ2v) is 4.57. The van der Waals surface area contributed by atoms with Gasteiger partial charge in [0.1, 0.15) is 11.8 Å². The predicted octanol–water partition coefficient (Wildman–Crippen LogP) is 1.37. The number of hydrazine groups is 1. The van der Waals surface area contributed by atoms with Crippen LogP contribution in [0.5, 0.6) is 5.75 Å². The molecule has 1 atom stereocenters. The van der Waals surface area contributed by atoms with Crippen molar-refractivity contribution in [3.63, 3.8) is 0 Å². The van der Waals surface area contributed by atoms with Crippen molar-refractivity contribution in [2.75, 3.05) is 0 Å². The molecular formula is C13H15N5O4. The fourth-order valence-corrected chi connectivity index (χ4v) is 2.05. The van der Waals surface area contributed by atoms with Gasteiger partial charge < -0.3 is 4.74 Å². The van der Waals surface area contributed by atoms with E-state index in [0.29, 0.717) is 11.4 Å². The Labute approximate surface area is 125 Å². The minimum Gasteiger partial charge on any atom is -0.477 e. The number of carbonyl (C=O) groups excluding carboxylic acids is 1. The first-order chi connectivity index (χ1) is 10.5. The number of amides is 1. The van der Waals surface area contributed by atoms with E-state index in [0.717, 1.165) is 0 Å². The Morgan fingerprint density at radius 2 is 2.18 bits per heavy atom. The molecule has 0 bridgehead atoms. The summed E-state index contributed by atoms with van der Waals surface area (Å²) in [6.45, 7) is 3.30. The number of nitrogens with one attached hydrogen (secondary N) is 2. The summed E-state index contributed by atoms with van der Waals surface area (Å²) >= 11 is 0. The molecule has 116 valence electrons. The Bertz CT molecular complexity index is 712. The average Bonchev–Trinajstić information content (AvgIpc) is 2.88. The van der Waals surface area contributed by atoms with E-state index in [2.05, 4.69) is 10.2 Å². The molecular weight excluding hydrogens is 290 g/mol. The van der Waals surface area contributed by atoms with Gasteiger partial charge in [-0.2, -0.15) is 5.10 Å². The van der Waals surface area contributed by atoms with Gasteiger partial charge in [0.05, 0.1) is 10.5 Å². The van der Waals surface area contributed by atoms with E-state index in [1.807, 2.05) is 5.43 Å². The maximum Gasteiger partial charge on any atom is 0.310 e. The highest BCUT2D eigenvalue weighted by atomic mass is 16.6. The summed E-state index contributed by atoms with van der Waals surface area (Å²) in [5.41, 5.74) is 2.97. The SMILES string of the molecule is Cc1[nH]nc(C(C)Oc2ccccc2[N+](=O)[O-])c1C(=O)NN. The van der Waals surface area contributed by atoms with Crippen LogP contribution in [0.4, 0.5) is 5.69 Å². The molecule has 1 unspecified atom stereocenters. The molecule has 0 aliphatic carbocycles. The Kier molecular flexibility index (Phi) is 4.37. The summed E-state index contributed by atoms with van der Waals surface area (Å²) in [6.07, 6.45) is -0.682. The number of nitrogens with zero attached hydrogens (tertiary/aromatic N) is 2. The molecule has 0 fully saturated rings. The third kappa shape index (κ3) is 2.88. The molecule has 0 aliphatic heterocycles. The number of nitro groups is 1. The Morgan fingerprint density at radius 1 is 1.50 bits per heavy atom. The van der Waals surface area contributed by atoms with Crippen LogP contribution in [0.2, 0.25) is 0 Å². The fraction of sp³-hybridized carbons (Fsp3) is 0.231. The van der Waals surface area contributed by atoms with Gasteiger partial charge in [0, 0.05) is 11.8 Å². The van der Waals surface area contributed by atoms with Crippen LogP contribution in [0.15, 0.2) is 24.3 Å². The molecule has 0 saturated heterocycles. The van der Waals surface area contributed by atoms with Crippen LogP contribution < -0.4 is 16.0 Å². The van der Waals surface area contributed by atoms with Gasteiger partial charge in [0.15, 0.2) is 5.75 Å². The van der Waals surface area contributed by atoms with E-state index in [4.69, 9.17) is 10.6 Å². The number of nitrogens with two attached hydrogens (primary N) is 1. The number of nitrogen functional groups attached to an aromatic ring is 1. The molecule has 0 aliphatic rings. The van der Waals surface area contributed by atoms with Crippen LogP contribution in [0.25, 0.3) is 0 Å². The summed E-state index contributed by atoms with van der Waals surface area (Å²) < 4.78 is 5.60. The van der Waals surface area contributed by atoms with Crippen LogP contribution in [0, 0.1) is 17.0 Å². The monoisotopic (exact) mass is 305 g/mol. The summed E-state index contributed by atoms with van der Waals surface area (Å²) in [7, 11) is 0. The minimum atomic E-state index is -0.682. The lowest BCUT2D eigenvalue weighted by atomic mass is 10.1. The average molecular weight is 305 g/mol. The second kappa shape index (κ2) is 6.22. The number of H-pyrrole nitrogens is 1. The zero-order chi connectivity index (χ0) is 16.3. The van der Waals surface area contributed by atoms with Crippen molar-refractivity contribution >= 4 is 11.6 Å². The topological polar surface area (TPSA) is 136 Å². The maximum atomic E-state index is 11.8. The largest absolute Gasteiger partial charge is 0.477 e. The maximum absolute atomic E-state index is 11.8. The number of aryl methyl sites for hydroxylation is 1. The van der Waals surface area contributed by atoms with Gasteiger partial charge >= 0.3 is 5.69 Å². The van der Waals surface area contributed by atoms with E-state index in [1.165, 1.54) is 12.1 Å². The van der Waals surface area contributed by atoms with Crippen LogP contribution in [-0.4, -0.2) is 21.0 Å². The van der Waals surface area contributed by atoms with Crippen LogP contribution in [0.1, 0.15) is 34.8 Å². The van der Waals surface area contributed by atoms with Crippen molar-refractivity contribution < 1.29 is 14.5 Å². The van der Waals surface area contributed by atoms with E-state index in [9.17, 15) is 14.9 Å². The summed E-state index contributed by atoms with van der Waals surface area (Å²) in [5, 5.41) is 17.7. The lowest BCUT2D eigenvalue weighted by Crippen LogP contribution is -2.31. The number of carbonyl (C=O) groups is 1. The van der Waals surface area contributed by atoms with Crippen molar-refractivity contribution in [1.29, 1.82) is 0 Å². The standard InChI is InChI=1S/C13H15N5O4/c1-7-11(13(19)15-14)12(17-16-7)8(2)22-10-6-4-3-5-9(10)18(20)21/h3-6,8H,14H2,1-2H3,(H,15,19)(H,16,17). The number of nitro benzene ring substituents is 1. The molecule has 0 spiro atoms. The molecule has 9 heteroatoms. The highest BCUT2D eigenvalue weighted by Crippen LogP contribution is 2.31. The zero-order valence-corrected chi connectivity index (χ0v) is 12.0. The fourth-order valence-electron chi connectivity index (χ4n) is 2.05. The predicted molar refractivity (Wildman–Crippen MR) is 77.1 cm³/mol. The molecule has 0 saturated carbocycles. The van der Waals surface area contributed by atoms with Gasteiger partial charge in [-0.15, -0.1) is 0 Å².